The third-order valence-corrected chi connectivity index (χ3v) is 6.99. The van der Waals surface area contributed by atoms with Gasteiger partial charge in [-0.25, -0.2) is 9.97 Å². The van der Waals surface area contributed by atoms with Gasteiger partial charge in [0.2, 0.25) is 0 Å². The van der Waals surface area contributed by atoms with Crippen LogP contribution in [-0.2, 0) is 4.65 Å². The Bertz CT molecular complexity index is 1090. The van der Waals surface area contributed by atoms with Crippen molar-refractivity contribution in [2.24, 2.45) is 5.41 Å². The zero-order valence-corrected chi connectivity index (χ0v) is 19.2. The Hall–Kier alpha value is -2.46. The monoisotopic (exact) mass is 398 g/mol. The second-order valence-electron chi connectivity index (χ2n) is 9.74. The lowest BCUT2D eigenvalue weighted by Crippen LogP contribution is -2.36. The van der Waals surface area contributed by atoms with Gasteiger partial charge in [0, 0.05) is 11.3 Å². The van der Waals surface area contributed by atoms with Gasteiger partial charge in [0.05, 0.1) is 11.3 Å². The SMILES string of the molecule is Cc1nc(C)c(C)c(-c2cccc(-c3cccc(B4CC(C)(C)C(C)(C)O4)c3)c2)n1. The molecule has 0 saturated carbocycles. The number of hydrogen-bond acceptors (Lipinski definition) is 3. The molecule has 154 valence electrons. The summed E-state index contributed by atoms with van der Waals surface area (Å²) in [6, 6.07) is 17.4. The van der Waals surface area contributed by atoms with Crippen LogP contribution < -0.4 is 5.46 Å². The summed E-state index contributed by atoms with van der Waals surface area (Å²) < 4.78 is 6.46. The van der Waals surface area contributed by atoms with E-state index in [1.165, 1.54) is 16.6 Å². The van der Waals surface area contributed by atoms with Crippen molar-refractivity contribution in [3.63, 3.8) is 0 Å². The van der Waals surface area contributed by atoms with Crippen molar-refractivity contribution < 1.29 is 4.65 Å². The quantitative estimate of drug-likeness (QED) is 0.526. The second-order valence-corrected chi connectivity index (χ2v) is 9.74. The van der Waals surface area contributed by atoms with Crippen molar-refractivity contribution in [2.45, 2.75) is 60.4 Å². The highest BCUT2D eigenvalue weighted by molar-refractivity contribution is 6.68. The molecule has 0 atom stereocenters. The van der Waals surface area contributed by atoms with E-state index in [9.17, 15) is 0 Å². The van der Waals surface area contributed by atoms with Crippen LogP contribution in [0.5, 0.6) is 0 Å². The summed E-state index contributed by atoms with van der Waals surface area (Å²) in [5, 5.41) is 0. The Labute approximate surface area is 181 Å². The molecule has 3 aromatic rings. The van der Waals surface area contributed by atoms with E-state index in [0.717, 1.165) is 34.7 Å². The van der Waals surface area contributed by atoms with Gasteiger partial charge in [-0.3, -0.25) is 0 Å². The number of rotatable bonds is 3. The van der Waals surface area contributed by atoms with Gasteiger partial charge in [0.1, 0.15) is 5.82 Å². The lowest BCUT2D eigenvalue weighted by Gasteiger charge is -2.34. The van der Waals surface area contributed by atoms with Crippen LogP contribution >= 0.6 is 0 Å². The molecule has 0 unspecified atom stereocenters. The first-order chi connectivity index (χ1) is 14.1. The van der Waals surface area contributed by atoms with Gasteiger partial charge < -0.3 is 4.65 Å². The number of aromatic nitrogens is 2. The van der Waals surface area contributed by atoms with E-state index in [1.54, 1.807) is 0 Å². The van der Waals surface area contributed by atoms with Crippen LogP contribution in [0.15, 0.2) is 48.5 Å². The Balaban J connectivity index is 1.70. The van der Waals surface area contributed by atoms with Gasteiger partial charge in [-0.1, -0.05) is 56.3 Å². The molecule has 4 heteroatoms. The number of hydrogen-bond donors (Lipinski definition) is 0. The van der Waals surface area contributed by atoms with E-state index in [0.29, 0.717) is 0 Å². The van der Waals surface area contributed by atoms with Crippen LogP contribution in [0.25, 0.3) is 22.4 Å². The summed E-state index contributed by atoms with van der Waals surface area (Å²) in [5.41, 5.74) is 7.98. The molecule has 1 aliphatic heterocycles. The van der Waals surface area contributed by atoms with Crippen molar-refractivity contribution in [2.75, 3.05) is 0 Å². The third-order valence-electron chi connectivity index (χ3n) is 6.99. The highest BCUT2D eigenvalue weighted by Crippen LogP contribution is 2.45. The smallest absolute Gasteiger partial charge is 0.327 e. The van der Waals surface area contributed by atoms with Gasteiger partial charge in [-0.15, -0.1) is 0 Å². The fraction of sp³-hybridized carbons (Fsp3) is 0.385. The molecule has 0 amide bonds. The van der Waals surface area contributed by atoms with E-state index in [1.807, 2.05) is 13.8 Å². The fourth-order valence-corrected chi connectivity index (χ4v) is 4.27. The normalized spacial score (nSPS) is 17.4. The fourth-order valence-electron chi connectivity index (χ4n) is 4.27. The first-order valence-corrected chi connectivity index (χ1v) is 10.8. The summed E-state index contributed by atoms with van der Waals surface area (Å²) in [4.78, 5) is 9.21. The van der Waals surface area contributed by atoms with E-state index in [2.05, 4.69) is 88.1 Å². The molecule has 0 radical (unpaired) electrons. The molecule has 0 aliphatic carbocycles. The van der Waals surface area contributed by atoms with Crippen LogP contribution in [0.2, 0.25) is 6.32 Å². The Morgan fingerprint density at radius 3 is 2.13 bits per heavy atom. The Kier molecular flexibility index (Phi) is 5.10. The van der Waals surface area contributed by atoms with Crippen molar-refractivity contribution in [1.29, 1.82) is 0 Å². The molecule has 1 aliphatic rings. The molecule has 1 saturated heterocycles. The molecule has 2 heterocycles. The van der Waals surface area contributed by atoms with Gasteiger partial charge in [0.15, 0.2) is 0 Å². The molecule has 0 N–H and O–H groups in total. The minimum atomic E-state index is -0.131. The molecule has 1 fully saturated rings. The predicted molar refractivity (Wildman–Crippen MR) is 126 cm³/mol. The Morgan fingerprint density at radius 1 is 0.833 bits per heavy atom. The minimum Gasteiger partial charge on any atom is -0.426 e. The highest BCUT2D eigenvalue weighted by atomic mass is 16.5. The van der Waals surface area contributed by atoms with Crippen LogP contribution in [0.1, 0.15) is 44.8 Å². The average molecular weight is 398 g/mol. The minimum absolute atomic E-state index is 0.131. The first-order valence-electron chi connectivity index (χ1n) is 10.8. The first kappa shape index (κ1) is 20.8. The van der Waals surface area contributed by atoms with E-state index in [4.69, 9.17) is 9.64 Å². The average Bonchev–Trinajstić information content (AvgIpc) is 2.92. The lowest BCUT2D eigenvalue weighted by molar-refractivity contribution is 0.0375. The Morgan fingerprint density at radius 2 is 1.47 bits per heavy atom. The van der Waals surface area contributed by atoms with E-state index in [-0.39, 0.29) is 17.9 Å². The van der Waals surface area contributed by atoms with E-state index >= 15 is 0 Å². The molecule has 4 rings (SSSR count). The maximum Gasteiger partial charge on any atom is 0.327 e. The zero-order chi connectivity index (χ0) is 21.7. The van der Waals surface area contributed by atoms with Crippen molar-refractivity contribution in [3.05, 3.63) is 65.6 Å². The topological polar surface area (TPSA) is 35.0 Å². The van der Waals surface area contributed by atoms with Crippen LogP contribution in [0.4, 0.5) is 0 Å². The largest absolute Gasteiger partial charge is 0.426 e. The van der Waals surface area contributed by atoms with Crippen molar-refractivity contribution >= 4 is 12.4 Å². The molecule has 0 bridgehead atoms. The van der Waals surface area contributed by atoms with Crippen LogP contribution in [0, 0.1) is 26.2 Å². The number of aryl methyl sites for hydroxylation is 2. The maximum absolute atomic E-state index is 6.46. The van der Waals surface area contributed by atoms with Gasteiger partial charge in [0.25, 0.3) is 0 Å². The van der Waals surface area contributed by atoms with Gasteiger partial charge in [-0.2, -0.15) is 0 Å². The molecule has 1 aromatic heterocycles. The molecular weight excluding hydrogens is 367 g/mol. The second kappa shape index (κ2) is 7.35. The lowest BCUT2D eigenvalue weighted by atomic mass is 9.54. The van der Waals surface area contributed by atoms with E-state index < -0.39 is 0 Å². The summed E-state index contributed by atoms with van der Waals surface area (Å²) in [7, 11) is 0. The summed E-state index contributed by atoms with van der Waals surface area (Å²) in [5.74, 6) is 0.809. The van der Waals surface area contributed by atoms with Gasteiger partial charge in [-0.05, 0) is 74.6 Å². The maximum atomic E-state index is 6.46. The van der Waals surface area contributed by atoms with Crippen LogP contribution in [0.3, 0.4) is 0 Å². The highest BCUT2D eigenvalue weighted by Gasteiger charge is 2.49. The standard InChI is InChI=1S/C26H31BN2O/c1-17-18(2)28-19(3)29-24(17)22-12-8-10-20(14-22)21-11-9-13-23(15-21)27-16-25(4,5)26(6,7)30-27/h8-15H,16H2,1-7H3. The number of benzene rings is 2. The number of nitrogens with zero attached hydrogens (tertiary/aromatic N) is 2. The van der Waals surface area contributed by atoms with Crippen molar-refractivity contribution in [1.82, 2.24) is 9.97 Å². The van der Waals surface area contributed by atoms with Gasteiger partial charge >= 0.3 is 6.92 Å². The molecular formula is C26H31BN2O. The molecule has 0 spiro atoms. The predicted octanol–water partition coefficient (Wildman–Crippen LogP) is 5.77. The molecule has 30 heavy (non-hydrogen) atoms. The zero-order valence-electron chi connectivity index (χ0n) is 19.2. The molecule has 3 nitrogen and oxygen atoms in total. The third kappa shape index (κ3) is 3.69. The summed E-state index contributed by atoms with van der Waals surface area (Å²) in [6.45, 7) is 15.2. The van der Waals surface area contributed by atoms with Crippen molar-refractivity contribution in [3.8, 4) is 22.4 Å². The summed E-state index contributed by atoms with van der Waals surface area (Å²) >= 11 is 0. The summed E-state index contributed by atoms with van der Waals surface area (Å²) in [6.07, 6.45) is 1.03. The molecule has 2 aromatic carbocycles. The van der Waals surface area contributed by atoms with Crippen LogP contribution in [-0.4, -0.2) is 22.5 Å².